The average molecular weight is 256 g/mol. The summed E-state index contributed by atoms with van der Waals surface area (Å²) in [4.78, 5) is 0. The minimum Gasteiger partial charge on any atom is -0.382 e. The molecule has 3 rings (SSSR count). The maximum atomic E-state index is 4.83. The summed E-state index contributed by atoms with van der Waals surface area (Å²) in [6.45, 7) is 5.67. The van der Waals surface area contributed by atoms with Gasteiger partial charge in [0.1, 0.15) is 0 Å². The molecule has 1 heteroatoms. The van der Waals surface area contributed by atoms with Gasteiger partial charge in [-0.2, -0.15) is 0 Å². The zero-order chi connectivity index (χ0) is 13.5. The van der Waals surface area contributed by atoms with Crippen LogP contribution in [0.15, 0.2) is 47.6 Å². The van der Waals surface area contributed by atoms with Crippen molar-refractivity contribution in [2.24, 2.45) is 0 Å². The van der Waals surface area contributed by atoms with Gasteiger partial charge in [-0.05, 0) is 50.7 Å². The fraction of sp³-hybridized carbons (Fsp3) is 0.444. The van der Waals surface area contributed by atoms with Crippen molar-refractivity contribution >= 4 is 0 Å². The van der Waals surface area contributed by atoms with Gasteiger partial charge in [-0.15, -0.1) is 0 Å². The van der Waals surface area contributed by atoms with E-state index in [0.29, 0.717) is 0 Å². The smallest absolute Gasteiger partial charge is 0.0437 e. The third kappa shape index (κ3) is 3.81. The highest BCUT2D eigenvalue weighted by atomic mass is 16.5. The van der Waals surface area contributed by atoms with Gasteiger partial charge in [-0.3, -0.25) is 0 Å². The van der Waals surface area contributed by atoms with Gasteiger partial charge in [-0.1, -0.05) is 47.6 Å². The zero-order valence-electron chi connectivity index (χ0n) is 12.1. The fourth-order valence-electron chi connectivity index (χ4n) is 2.70. The highest BCUT2D eigenvalue weighted by molar-refractivity contribution is 5.42. The summed E-state index contributed by atoms with van der Waals surface area (Å²) in [6, 6.07) is 8.86. The van der Waals surface area contributed by atoms with Crippen LogP contribution in [0.4, 0.5) is 0 Å². The minimum absolute atomic E-state index is 0.844. The summed E-state index contributed by atoms with van der Waals surface area (Å²) in [6.07, 6.45) is 9.37. The Balaban J connectivity index is 0.000000232. The standard InChI is InChI=1S/C14H14.C4H10O/c1-2-6-12-10-14-8-4-3-7-13(14)9-11(12)5-1;1-3-5-4-2/h1-6H,7-10H2;3-4H2,1-2H3. The summed E-state index contributed by atoms with van der Waals surface area (Å²) in [7, 11) is 0. The Morgan fingerprint density at radius 3 is 1.68 bits per heavy atom. The van der Waals surface area contributed by atoms with Crippen LogP contribution in [0.5, 0.6) is 0 Å². The van der Waals surface area contributed by atoms with Gasteiger partial charge >= 0.3 is 0 Å². The first kappa shape index (κ1) is 14.1. The van der Waals surface area contributed by atoms with Crippen LogP contribution in [0.25, 0.3) is 0 Å². The minimum atomic E-state index is 0.844. The Morgan fingerprint density at radius 1 is 0.842 bits per heavy atom. The Kier molecular flexibility index (Phi) is 5.41. The van der Waals surface area contributed by atoms with Crippen LogP contribution in [0.3, 0.4) is 0 Å². The van der Waals surface area contributed by atoms with E-state index >= 15 is 0 Å². The largest absolute Gasteiger partial charge is 0.382 e. The van der Waals surface area contributed by atoms with Crippen LogP contribution in [-0.4, -0.2) is 13.2 Å². The van der Waals surface area contributed by atoms with E-state index in [0.717, 1.165) is 13.2 Å². The van der Waals surface area contributed by atoms with E-state index in [4.69, 9.17) is 4.74 Å². The number of hydrogen-bond acceptors (Lipinski definition) is 1. The highest BCUT2D eigenvalue weighted by Gasteiger charge is 2.17. The van der Waals surface area contributed by atoms with E-state index in [1.165, 1.54) is 25.7 Å². The van der Waals surface area contributed by atoms with Crippen molar-refractivity contribution in [1.29, 1.82) is 0 Å². The predicted molar refractivity (Wildman–Crippen MR) is 81.4 cm³/mol. The normalized spacial score (nSPS) is 16.3. The third-order valence-corrected chi connectivity index (χ3v) is 3.73. The quantitative estimate of drug-likeness (QED) is 0.709. The van der Waals surface area contributed by atoms with Gasteiger partial charge < -0.3 is 4.74 Å². The second-order valence-corrected chi connectivity index (χ2v) is 4.99. The fourth-order valence-corrected chi connectivity index (χ4v) is 2.70. The van der Waals surface area contributed by atoms with E-state index in [1.807, 2.05) is 13.8 Å². The molecular formula is C18H24O. The lowest BCUT2D eigenvalue weighted by atomic mass is 9.81. The Labute approximate surface area is 117 Å². The Bertz CT molecular complexity index is 427. The maximum Gasteiger partial charge on any atom is 0.0437 e. The van der Waals surface area contributed by atoms with Crippen LogP contribution < -0.4 is 0 Å². The molecule has 2 aliphatic carbocycles. The lowest BCUT2D eigenvalue weighted by Gasteiger charge is -2.24. The zero-order valence-corrected chi connectivity index (χ0v) is 12.1. The monoisotopic (exact) mass is 256 g/mol. The lowest BCUT2D eigenvalue weighted by molar-refractivity contribution is 0.162. The molecule has 0 saturated heterocycles. The topological polar surface area (TPSA) is 9.23 Å². The summed E-state index contributed by atoms with van der Waals surface area (Å²) < 4.78 is 4.83. The molecule has 0 fully saturated rings. The highest BCUT2D eigenvalue weighted by Crippen LogP contribution is 2.32. The van der Waals surface area contributed by atoms with Gasteiger partial charge in [0.2, 0.25) is 0 Å². The molecule has 102 valence electrons. The summed E-state index contributed by atoms with van der Waals surface area (Å²) in [5.41, 5.74) is 6.43. The van der Waals surface area contributed by atoms with Crippen LogP contribution in [0.2, 0.25) is 0 Å². The number of hydrogen-bond donors (Lipinski definition) is 0. The van der Waals surface area contributed by atoms with Gasteiger partial charge in [-0.25, -0.2) is 0 Å². The molecule has 0 atom stereocenters. The van der Waals surface area contributed by atoms with E-state index in [2.05, 4.69) is 36.4 Å². The molecule has 19 heavy (non-hydrogen) atoms. The average Bonchev–Trinajstić information content (AvgIpc) is 2.46. The lowest BCUT2D eigenvalue weighted by Crippen LogP contribution is -2.10. The van der Waals surface area contributed by atoms with Gasteiger partial charge in [0.25, 0.3) is 0 Å². The van der Waals surface area contributed by atoms with Crippen molar-refractivity contribution in [3.63, 3.8) is 0 Å². The van der Waals surface area contributed by atoms with E-state index in [-0.39, 0.29) is 0 Å². The van der Waals surface area contributed by atoms with Crippen molar-refractivity contribution in [3.05, 3.63) is 58.7 Å². The van der Waals surface area contributed by atoms with E-state index in [9.17, 15) is 0 Å². The van der Waals surface area contributed by atoms with Crippen molar-refractivity contribution < 1.29 is 4.74 Å². The van der Waals surface area contributed by atoms with Crippen molar-refractivity contribution in [2.75, 3.05) is 13.2 Å². The third-order valence-electron chi connectivity index (χ3n) is 3.73. The first-order valence-corrected chi connectivity index (χ1v) is 7.34. The molecule has 1 aromatic rings. The van der Waals surface area contributed by atoms with Crippen LogP contribution in [0.1, 0.15) is 37.8 Å². The van der Waals surface area contributed by atoms with Crippen LogP contribution >= 0.6 is 0 Å². The molecule has 1 aromatic carbocycles. The number of allylic oxidation sites excluding steroid dienone is 4. The molecule has 0 saturated carbocycles. The van der Waals surface area contributed by atoms with Crippen LogP contribution in [-0.2, 0) is 17.6 Å². The molecular weight excluding hydrogens is 232 g/mol. The van der Waals surface area contributed by atoms with Gasteiger partial charge in [0.15, 0.2) is 0 Å². The molecule has 0 bridgehead atoms. The molecule has 0 aromatic heterocycles. The SMILES string of the molecule is C1=CCC2=C(C1)Cc1ccccc1C2.CCOCC. The summed E-state index contributed by atoms with van der Waals surface area (Å²) in [5.74, 6) is 0. The predicted octanol–water partition coefficient (Wildman–Crippen LogP) is 4.47. The number of ether oxygens (including phenoxy) is 1. The molecule has 2 aliphatic rings. The van der Waals surface area contributed by atoms with Crippen molar-refractivity contribution in [3.8, 4) is 0 Å². The Morgan fingerprint density at radius 2 is 1.32 bits per heavy atom. The maximum absolute atomic E-state index is 4.83. The van der Waals surface area contributed by atoms with E-state index < -0.39 is 0 Å². The van der Waals surface area contributed by atoms with Crippen molar-refractivity contribution in [2.45, 2.75) is 39.5 Å². The molecule has 0 radical (unpaired) electrons. The second-order valence-electron chi connectivity index (χ2n) is 4.99. The first-order valence-electron chi connectivity index (χ1n) is 7.34. The first-order chi connectivity index (χ1) is 9.35. The molecule has 0 spiro atoms. The molecule has 0 heterocycles. The molecule has 1 nitrogen and oxygen atoms in total. The summed E-state index contributed by atoms with van der Waals surface area (Å²) >= 11 is 0. The Hall–Kier alpha value is -1.34. The molecule has 0 N–H and O–H groups in total. The summed E-state index contributed by atoms with van der Waals surface area (Å²) in [5, 5.41) is 0. The second kappa shape index (κ2) is 7.30. The molecule has 0 unspecified atom stereocenters. The van der Waals surface area contributed by atoms with Gasteiger partial charge in [0.05, 0.1) is 0 Å². The number of rotatable bonds is 2. The van der Waals surface area contributed by atoms with Crippen LogP contribution in [0, 0.1) is 0 Å². The van der Waals surface area contributed by atoms with E-state index in [1.54, 1.807) is 22.3 Å². The number of fused-ring (bicyclic) bond motifs is 1. The van der Waals surface area contributed by atoms with Gasteiger partial charge in [0, 0.05) is 13.2 Å². The molecule has 0 aliphatic heterocycles. The number of benzene rings is 1. The van der Waals surface area contributed by atoms with Crippen molar-refractivity contribution in [1.82, 2.24) is 0 Å². The molecule has 0 amide bonds.